The second-order valence-electron chi connectivity index (χ2n) is 4.77. The Morgan fingerprint density at radius 1 is 1.27 bits per heavy atom. The van der Waals surface area contributed by atoms with Crippen molar-refractivity contribution in [1.82, 2.24) is 0 Å². The first-order valence-corrected chi connectivity index (χ1v) is 6.37. The quantitative estimate of drug-likeness (QED) is 0.753. The standard InChI is InChI=1S/C13H19BrO/c1-10-9-11(13(2,3)4)5-6-12(10)15-8-7-14/h5-6,9H,7-8H2,1-4H3. The van der Waals surface area contributed by atoms with Crippen LogP contribution in [0.15, 0.2) is 18.2 Å². The van der Waals surface area contributed by atoms with E-state index in [0.29, 0.717) is 0 Å². The number of hydrogen-bond donors (Lipinski definition) is 0. The zero-order valence-corrected chi connectivity index (χ0v) is 11.5. The first-order chi connectivity index (χ1) is 6.95. The molecule has 0 atom stereocenters. The Hall–Kier alpha value is -0.500. The van der Waals surface area contributed by atoms with Crippen molar-refractivity contribution < 1.29 is 4.74 Å². The van der Waals surface area contributed by atoms with Gasteiger partial charge in [0.1, 0.15) is 5.75 Å². The highest BCUT2D eigenvalue weighted by molar-refractivity contribution is 9.09. The second kappa shape index (κ2) is 5.02. The molecule has 1 aromatic rings. The van der Waals surface area contributed by atoms with E-state index in [9.17, 15) is 0 Å². The molecule has 0 aromatic heterocycles. The molecule has 1 aromatic carbocycles. The van der Waals surface area contributed by atoms with Crippen molar-refractivity contribution in [3.05, 3.63) is 29.3 Å². The van der Waals surface area contributed by atoms with E-state index in [2.05, 4.69) is 61.8 Å². The van der Waals surface area contributed by atoms with Crippen molar-refractivity contribution in [1.29, 1.82) is 0 Å². The maximum Gasteiger partial charge on any atom is 0.122 e. The first-order valence-electron chi connectivity index (χ1n) is 5.25. The van der Waals surface area contributed by atoms with E-state index in [-0.39, 0.29) is 5.41 Å². The van der Waals surface area contributed by atoms with Crippen LogP contribution in [0.5, 0.6) is 5.75 Å². The van der Waals surface area contributed by atoms with Crippen molar-refractivity contribution >= 4 is 15.9 Å². The number of aryl methyl sites for hydroxylation is 1. The summed E-state index contributed by atoms with van der Waals surface area (Å²) in [6, 6.07) is 6.43. The molecule has 0 saturated heterocycles. The minimum absolute atomic E-state index is 0.207. The summed E-state index contributed by atoms with van der Waals surface area (Å²) in [5.74, 6) is 0.988. The zero-order chi connectivity index (χ0) is 11.5. The monoisotopic (exact) mass is 270 g/mol. The Kier molecular flexibility index (Phi) is 4.21. The van der Waals surface area contributed by atoms with Gasteiger partial charge in [-0.3, -0.25) is 0 Å². The van der Waals surface area contributed by atoms with Crippen molar-refractivity contribution in [3.63, 3.8) is 0 Å². The molecule has 1 nitrogen and oxygen atoms in total. The maximum absolute atomic E-state index is 5.61. The lowest BCUT2D eigenvalue weighted by Crippen LogP contribution is -2.11. The molecule has 15 heavy (non-hydrogen) atoms. The highest BCUT2D eigenvalue weighted by Crippen LogP contribution is 2.27. The smallest absolute Gasteiger partial charge is 0.122 e. The molecule has 0 aliphatic heterocycles. The summed E-state index contributed by atoms with van der Waals surface area (Å²) in [5.41, 5.74) is 2.77. The molecule has 0 heterocycles. The van der Waals surface area contributed by atoms with Gasteiger partial charge in [-0.15, -0.1) is 0 Å². The van der Waals surface area contributed by atoms with Gasteiger partial charge in [0, 0.05) is 5.33 Å². The van der Waals surface area contributed by atoms with Crippen LogP contribution in [0.3, 0.4) is 0 Å². The Morgan fingerprint density at radius 2 is 1.93 bits per heavy atom. The van der Waals surface area contributed by atoms with Crippen molar-refractivity contribution in [2.24, 2.45) is 0 Å². The fourth-order valence-electron chi connectivity index (χ4n) is 1.43. The summed E-state index contributed by atoms with van der Waals surface area (Å²) in [6.45, 7) is 9.48. The summed E-state index contributed by atoms with van der Waals surface area (Å²) in [4.78, 5) is 0. The van der Waals surface area contributed by atoms with Crippen molar-refractivity contribution in [3.8, 4) is 5.75 Å². The molecule has 0 spiro atoms. The topological polar surface area (TPSA) is 9.23 Å². The molecule has 0 aliphatic carbocycles. The maximum atomic E-state index is 5.61. The normalized spacial score (nSPS) is 11.5. The van der Waals surface area contributed by atoms with Gasteiger partial charge in [0.2, 0.25) is 0 Å². The Bertz CT molecular complexity index is 326. The molecule has 84 valence electrons. The molecule has 0 aliphatic rings. The van der Waals surface area contributed by atoms with Gasteiger partial charge >= 0.3 is 0 Å². The number of ether oxygens (including phenoxy) is 1. The summed E-state index contributed by atoms with van der Waals surface area (Å²) in [6.07, 6.45) is 0. The minimum Gasteiger partial charge on any atom is -0.492 e. The third kappa shape index (κ3) is 3.53. The molecule has 0 amide bonds. The summed E-state index contributed by atoms with van der Waals surface area (Å²) in [7, 11) is 0. The van der Waals surface area contributed by atoms with Gasteiger partial charge in [0.05, 0.1) is 6.61 Å². The lowest BCUT2D eigenvalue weighted by molar-refractivity contribution is 0.342. The summed E-state index contributed by atoms with van der Waals surface area (Å²) in [5, 5.41) is 0.869. The summed E-state index contributed by atoms with van der Waals surface area (Å²) < 4.78 is 5.61. The van der Waals surface area contributed by atoms with E-state index in [0.717, 1.165) is 17.7 Å². The van der Waals surface area contributed by atoms with Crippen molar-refractivity contribution in [2.75, 3.05) is 11.9 Å². The van der Waals surface area contributed by atoms with Crippen LogP contribution in [0.1, 0.15) is 31.9 Å². The molecule has 0 fully saturated rings. The molecular weight excluding hydrogens is 252 g/mol. The number of benzene rings is 1. The minimum atomic E-state index is 0.207. The van der Waals surface area contributed by atoms with Crippen LogP contribution in [0.4, 0.5) is 0 Å². The lowest BCUT2D eigenvalue weighted by Gasteiger charge is -2.20. The van der Waals surface area contributed by atoms with Crippen LogP contribution in [-0.2, 0) is 5.41 Å². The van der Waals surface area contributed by atoms with Gasteiger partial charge < -0.3 is 4.74 Å². The largest absolute Gasteiger partial charge is 0.492 e. The Labute approximate surface area is 101 Å². The van der Waals surface area contributed by atoms with E-state index in [4.69, 9.17) is 4.74 Å². The predicted molar refractivity (Wildman–Crippen MR) is 69.2 cm³/mol. The van der Waals surface area contributed by atoms with E-state index in [1.165, 1.54) is 11.1 Å². The van der Waals surface area contributed by atoms with Gasteiger partial charge in [-0.2, -0.15) is 0 Å². The molecule has 0 radical (unpaired) electrons. The average Bonchev–Trinajstić information content (AvgIpc) is 2.14. The molecule has 0 bridgehead atoms. The van der Waals surface area contributed by atoms with Gasteiger partial charge in [0.15, 0.2) is 0 Å². The van der Waals surface area contributed by atoms with Crippen LogP contribution >= 0.6 is 15.9 Å². The van der Waals surface area contributed by atoms with E-state index >= 15 is 0 Å². The molecule has 0 N–H and O–H groups in total. The van der Waals surface area contributed by atoms with E-state index in [1.807, 2.05) is 0 Å². The fourth-order valence-corrected chi connectivity index (χ4v) is 1.59. The number of alkyl halides is 1. The van der Waals surface area contributed by atoms with Gasteiger partial charge in [-0.05, 0) is 29.5 Å². The lowest BCUT2D eigenvalue weighted by atomic mass is 9.86. The van der Waals surface area contributed by atoms with Crippen LogP contribution in [0.25, 0.3) is 0 Å². The third-order valence-corrected chi connectivity index (χ3v) is 2.70. The first kappa shape index (κ1) is 12.6. The predicted octanol–water partition coefficient (Wildman–Crippen LogP) is 4.07. The summed E-state index contributed by atoms with van der Waals surface area (Å²) >= 11 is 3.35. The highest BCUT2D eigenvalue weighted by atomic mass is 79.9. The van der Waals surface area contributed by atoms with Crippen molar-refractivity contribution in [2.45, 2.75) is 33.1 Å². The number of hydrogen-bond acceptors (Lipinski definition) is 1. The number of halogens is 1. The second-order valence-corrected chi connectivity index (χ2v) is 5.56. The third-order valence-electron chi connectivity index (χ3n) is 2.38. The average molecular weight is 271 g/mol. The molecule has 1 rings (SSSR count). The van der Waals surface area contributed by atoms with E-state index in [1.54, 1.807) is 0 Å². The van der Waals surface area contributed by atoms with E-state index < -0.39 is 0 Å². The van der Waals surface area contributed by atoms with Gasteiger partial charge in [-0.1, -0.05) is 48.8 Å². The number of rotatable bonds is 3. The Morgan fingerprint density at radius 3 is 2.40 bits per heavy atom. The SMILES string of the molecule is Cc1cc(C(C)(C)C)ccc1OCCBr. The van der Waals surface area contributed by atoms with Crippen LogP contribution in [0, 0.1) is 6.92 Å². The molecule has 0 saturated carbocycles. The molecule has 2 heteroatoms. The highest BCUT2D eigenvalue weighted by Gasteiger charge is 2.14. The van der Waals surface area contributed by atoms with Gasteiger partial charge in [0.25, 0.3) is 0 Å². The molecular formula is C13H19BrO. The zero-order valence-electron chi connectivity index (χ0n) is 9.93. The molecule has 0 unspecified atom stereocenters. The van der Waals surface area contributed by atoms with Gasteiger partial charge in [-0.25, -0.2) is 0 Å². The Balaban J connectivity index is 2.88. The van der Waals surface area contributed by atoms with Crippen LogP contribution in [-0.4, -0.2) is 11.9 Å². The fraction of sp³-hybridized carbons (Fsp3) is 0.538. The van der Waals surface area contributed by atoms with Crippen LogP contribution < -0.4 is 4.74 Å². The van der Waals surface area contributed by atoms with Crippen LogP contribution in [0.2, 0.25) is 0 Å².